The molecule has 0 saturated carbocycles. The van der Waals surface area contributed by atoms with Gasteiger partial charge in [-0.25, -0.2) is 4.79 Å². The van der Waals surface area contributed by atoms with E-state index in [1.807, 2.05) is 31.2 Å². The molecule has 0 bridgehead atoms. The van der Waals surface area contributed by atoms with Crippen LogP contribution in [0.15, 0.2) is 24.3 Å². The molecule has 0 aromatic heterocycles. The number of rotatable bonds is 7. The Bertz CT molecular complexity index is 824. The van der Waals surface area contributed by atoms with Crippen molar-refractivity contribution in [2.75, 3.05) is 55.7 Å². The van der Waals surface area contributed by atoms with E-state index in [2.05, 4.69) is 10.2 Å². The van der Waals surface area contributed by atoms with Crippen molar-refractivity contribution in [3.63, 3.8) is 0 Å². The van der Waals surface area contributed by atoms with Crippen molar-refractivity contribution in [2.24, 2.45) is 0 Å². The van der Waals surface area contributed by atoms with E-state index in [4.69, 9.17) is 21.7 Å². The molecule has 2 heterocycles. The quantitative estimate of drug-likeness (QED) is 0.496. The molecule has 2 aliphatic rings. The standard InChI is InChI=1S/C21H28N4O5S/c1-3-19(31)22-12-18-13-25(21(28)30-18)17-6-4-16(5-7-17)23-8-10-24(11-9-23)20(27)14-29-15(2)26/h4-7,18H,3,8-14H2,1-2H3,(H,22,31)/t18-/m0/s1. The minimum Gasteiger partial charge on any atom is -0.456 e. The Morgan fingerprint density at radius 2 is 1.81 bits per heavy atom. The number of carbonyl (C=O) groups excluding carboxylic acids is 3. The highest BCUT2D eigenvalue weighted by Gasteiger charge is 2.32. The molecule has 0 spiro atoms. The largest absolute Gasteiger partial charge is 0.456 e. The Kier molecular flexibility index (Phi) is 7.67. The smallest absolute Gasteiger partial charge is 0.414 e. The fourth-order valence-corrected chi connectivity index (χ4v) is 3.59. The van der Waals surface area contributed by atoms with Crippen LogP contribution < -0.4 is 15.1 Å². The summed E-state index contributed by atoms with van der Waals surface area (Å²) in [7, 11) is 0. The number of nitrogens with zero attached hydrogens (tertiary/aromatic N) is 3. The topological polar surface area (TPSA) is 91.4 Å². The molecule has 2 amide bonds. The Morgan fingerprint density at radius 3 is 2.42 bits per heavy atom. The normalized spacial score (nSPS) is 18.6. The van der Waals surface area contributed by atoms with Crippen molar-refractivity contribution >= 4 is 46.6 Å². The summed E-state index contributed by atoms with van der Waals surface area (Å²) in [5.74, 6) is -0.637. The highest BCUT2D eigenvalue weighted by molar-refractivity contribution is 7.80. The van der Waals surface area contributed by atoms with Crippen LogP contribution in [-0.4, -0.2) is 79.8 Å². The second kappa shape index (κ2) is 10.4. The number of amides is 2. The number of cyclic esters (lactones) is 1. The number of nitrogens with one attached hydrogen (secondary N) is 1. The Balaban J connectivity index is 1.50. The van der Waals surface area contributed by atoms with Gasteiger partial charge >= 0.3 is 12.1 Å². The maximum Gasteiger partial charge on any atom is 0.414 e. The van der Waals surface area contributed by atoms with E-state index in [0.717, 1.165) is 22.8 Å². The molecule has 3 rings (SSSR count). The van der Waals surface area contributed by atoms with Crippen LogP contribution in [0.1, 0.15) is 20.3 Å². The lowest BCUT2D eigenvalue weighted by Crippen LogP contribution is -2.49. The zero-order chi connectivity index (χ0) is 22.4. The van der Waals surface area contributed by atoms with Crippen LogP contribution >= 0.6 is 12.2 Å². The average Bonchev–Trinajstić information content (AvgIpc) is 3.16. The molecule has 1 atom stereocenters. The van der Waals surface area contributed by atoms with E-state index in [9.17, 15) is 14.4 Å². The summed E-state index contributed by atoms with van der Waals surface area (Å²) in [4.78, 5) is 41.4. The SMILES string of the molecule is CCC(=S)NC[C@H]1CN(c2ccc(N3CCN(C(=O)COC(C)=O)CC3)cc2)C(=O)O1. The van der Waals surface area contributed by atoms with Gasteiger partial charge in [-0.2, -0.15) is 0 Å². The van der Waals surface area contributed by atoms with Crippen LogP contribution in [0.5, 0.6) is 0 Å². The number of thiocarbonyl (C=S) groups is 1. The molecule has 9 nitrogen and oxygen atoms in total. The van der Waals surface area contributed by atoms with Crippen LogP contribution in [0, 0.1) is 0 Å². The summed E-state index contributed by atoms with van der Waals surface area (Å²) >= 11 is 5.15. The number of hydrogen-bond acceptors (Lipinski definition) is 7. The minimum atomic E-state index is -0.457. The number of ether oxygens (including phenoxy) is 2. The van der Waals surface area contributed by atoms with Gasteiger partial charge in [0.2, 0.25) is 0 Å². The summed E-state index contributed by atoms with van der Waals surface area (Å²) < 4.78 is 10.2. The number of piperazine rings is 1. The van der Waals surface area contributed by atoms with Gasteiger partial charge in [-0.15, -0.1) is 0 Å². The second-order valence-electron chi connectivity index (χ2n) is 7.44. The van der Waals surface area contributed by atoms with Crippen molar-refractivity contribution in [2.45, 2.75) is 26.4 Å². The van der Waals surface area contributed by atoms with Crippen LogP contribution in [0.4, 0.5) is 16.2 Å². The first kappa shape index (κ1) is 22.8. The third-order valence-electron chi connectivity index (χ3n) is 5.28. The van der Waals surface area contributed by atoms with Gasteiger partial charge in [0, 0.05) is 44.5 Å². The van der Waals surface area contributed by atoms with Gasteiger partial charge < -0.3 is 24.6 Å². The van der Waals surface area contributed by atoms with Gasteiger partial charge in [-0.05, 0) is 30.7 Å². The van der Waals surface area contributed by atoms with Gasteiger partial charge in [0.25, 0.3) is 5.91 Å². The molecular formula is C21H28N4O5S. The number of anilines is 2. The first-order chi connectivity index (χ1) is 14.9. The van der Waals surface area contributed by atoms with E-state index < -0.39 is 5.97 Å². The third kappa shape index (κ3) is 6.06. The van der Waals surface area contributed by atoms with E-state index in [0.29, 0.717) is 39.3 Å². The van der Waals surface area contributed by atoms with Crippen molar-refractivity contribution in [3.8, 4) is 0 Å². The Labute approximate surface area is 187 Å². The van der Waals surface area contributed by atoms with Gasteiger partial charge in [0.05, 0.1) is 18.1 Å². The molecule has 1 aromatic carbocycles. The molecule has 31 heavy (non-hydrogen) atoms. The Hall–Kier alpha value is -2.88. The molecule has 2 aliphatic heterocycles. The molecule has 1 aromatic rings. The molecule has 168 valence electrons. The molecule has 2 fully saturated rings. The van der Waals surface area contributed by atoms with Crippen molar-refractivity contribution in [1.29, 1.82) is 0 Å². The molecule has 0 radical (unpaired) electrons. The zero-order valence-electron chi connectivity index (χ0n) is 17.8. The monoisotopic (exact) mass is 448 g/mol. The van der Waals surface area contributed by atoms with Gasteiger partial charge in [0.15, 0.2) is 6.61 Å². The fraction of sp³-hybridized carbons (Fsp3) is 0.524. The lowest BCUT2D eigenvalue weighted by atomic mass is 10.2. The van der Waals surface area contributed by atoms with E-state index in [1.165, 1.54) is 6.92 Å². The van der Waals surface area contributed by atoms with Crippen molar-refractivity contribution < 1.29 is 23.9 Å². The third-order valence-corrected chi connectivity index (χ3v) is 5.71. The fourth-order valence-electron chi connectivity index (χ4n) is 3.50. The first-order valence-electron chi connectivity index (χ1n) is 10.4. The predicted molar refractivity (Wildman–Crippen MR) is 120 cm³/mol. The van der Waals surface area contributed by atoms with E-state index >= 15 is 0 Å². The molecule has 10 heteroatoms. The van der Waals surface area contributed by atoms with E-state index in [-0.39, 0.29) is 24.7 Å². The van der Waals surface area contributed by atoms with Gasteiger partial charge in [-0.3, -0.25) is 14.5 Å². The first-order valence-corrected chi connectivity index (χ1v) is 10.8. The van der Waals surface area contributed by atoms with Crippen molar-refractivity contribution in [1.82, 2.24) is 10.2 Å². The zero-order valence-corrected chi connectivity index (χ0v) is 18.7. The average molecular weight is 449 g/mol. The van der Waals surface area contributed by atoms with Crippen LogP contribution in [0.3, 0.4) is 0 Å². The molecular weight excluding hydrogens is 420 g/mol. The maximum atomic E-state index is 12.2. The van der Waals surface area contributed by atoms with Crippen LogP contribution in [0.25, 0.3) is 0 Å². The summed E-state index contributed by atoms with van der Waals surface area (Å²) in [6, 6.07) is 7.75. The second-order valence-corrected chi connectivity index (χ2v) is 7.93. The summed E-state index contributed by atoms with van der Waals surface area (Å²) in [6.45, 7) is 6.53. The lowest BCUT2D eigenvalue weighted by Gasteiger charge is -2.36. The van der Waals surface area contributed by atoms with E-state index in [1.54, 1.807) is 9.80 Å². The highest BCUT2D eigenvalue weighted by atomic mass is 32.1. The molecule has 1 N–H and O–H groups in total. The maximum absolute atomic E-state index is 12.2. The number of benzene rings is 1. The molecule has 0 unspecified atom stereocenters. The lowest BCUT2D eigenvalue weighted by molar-refractivity contribution is -0.150. The number of esters is 1. The highest BCUT2D eigenvalue weighted by Crippen LogP contribution is 2.25. The predicted octanol–water partition coefficient (Wildman–Crippen LogP) is 1.55. The molecule has 0 aliphatic carbocycles. The van der Waals surface area contributed by atoms with Crippen LogP contribution in [-0.2, 0) is 19.1 Å². The number of hydrogen-bond donors (Lipinski definition) is 1. The number of carbonyl (C=O) groups is 3. The van der Waals surface area contributed by atoms with Gasteiger partial charge in [0.1, 0.15) is 6.10 Å². The Morgan fingerprint density at radius 1 is 1.16 bits per heavy atom. The van der Waals surface area contributed by atoms with Crippen LogP contribution in [0.2, 0.25) is 0 Å². The molecule has 2 saturated heterocycles. The summed E-state index contributed by atoms with van der Waals surface area (Å²) in [5.41, 5.74) is 1.81. The van der Waals surface area contributed by atoms with Crippen molar-refractivity contribution in [3.05, 3.63) is 24.3 Å². The van der Waals surface area contributed by atoms with Gasteiger partial charge in [-0.1, -0.05) is 19.1 Å². The summed E-state index contributed by atoms with van der Waals surface area (Å²) in [6.07, 6.45) is 0.159. The summed E-state index contributed by atoms with van der Waals surface area (Å²) in [5, 5.41) is 3.11. The minimum absolute atomic E-state index is 0.179.